The van der Waals surface area contributed by atoms with Gasteiger partial charge in [0.1, 0.15) is 5.75 Å². The van der Waals surface area contributed by atoms with Crippen LogP contribution in [0.3, 0.4) is 0 Å². The van der Waals surface area contributed by atoms with Gasteiger partial charge in [0, 0.05) is 50.0 Å². The highest BCUT2D eigenvalue weighted by Gasteiger charge is 2.16. The van der Waals surface area contributed by atoms with Gasteiger partial charge in [-0.05, 0) is 13.8 Å². The molecule has 1 fully saturated rings. The van der Waals surface area contributed by atoms with E-state index in [1.807, 2.05) is 19.1 Å². The van der Waals surface area contributed by atoms with Crippen LogP contribution in [-0.4, -0.2) is 42.7 Å². The second kappa shape index (κ2) is 6.92. The average Bonchev–Trinajstić information content (AvgIpc) is 2.28. The largest absolute Gasteiger partial charge is 0.497 e. The van der Waals surface area contributed by atoms with Crippen molar-refractivity contribution >= 4 is 12.4 Å². The Kier molecular flexibility index (Phi) is 5.85. The lowest BCUT2D eigenvalue weighted by Crippen LogP contribution is -2.48. The first-order valence-corrected chi connectivity index (χ1v) is 6.14. The maximum atomic E-state index is 5.28. The minimum absolute atomic E-state index is 0. The third-order valence-electron chi connectivity index (χ3n) is 3.05. The summed E-state index contributed by atoms with van der Waals surface area (Å²) < 4.78 is 5.28. The predicted molar refractivity (Wildman–Crippen MR) is 75.5 cm³/mol. The van der Waals surface area contributed by atoms with Crippen LogP contribution >= 0.6 is 12.4 Å². The van der Waals surface area contributed by atoms with Crippen LogP contribution in [0.1, 0.15) is 18.3 Å². The molecule has 0 amide bonds. The van der Waals surface area contributed by atoms with Gasteiger partial charge < -0.3 is 10.1 Å². The van der Waals surface area contributed by atoms with Crippen LogP contribution in [0.2, 0.25) is 0 Å². The summed E-state index contributed by atoms with van der Waals surface area (Å²) in [5.74, 6) is 0.899. The Hall–Kier alpha value is -0.840. The molecule has 0 aromatic carbocycles. The third-order valence-corrected chi connectivity index (χ3v) is 3.05. The predicted octanol–water partition coefficient (Wildman–Crippen LogP) is 1.61. The summed E-state index contributed by atoms with van der Waals surface area (Å²) in [7, 11) is 1.70. The number of aryl methyl sites for hydroxylation is 1. The van der Waals surface area contributed by atoms with E-state index in [0.29, 0.717) is 6.04 Å². The highest BCUT2D eigenvalue weighted by Crippen LogP contribution is 2.15. The monoisotopic (exact) mass is 271 g/mol. The van der Waals surface area contributed by atoms with Crippen molar-refractivity contribution in [3.05, 3.63) is 23.5 Å². The van der Waals surface area contributed by atoms with Crippen LogP contribution in [0.15, 0.2) is 12.1 Å². The van der Waals surface area contributed by atoms with Gasteiger partial charge in [0.2, 0.25) is 0 Å². The molecule has 1 aromatic rings. The minimum atomic E-state index is 0. The van der Waals surface area contributed by atoms with Crippen molar-refractivity contribution < 1.29 is 4.74 Å². The Bertz CT molecular complexity index is 386. The Morgan fingerprint density at radius 3 is 2.94 bits per heavy atom. The standard InChI is InChI=1S/C13H21N3O.ClH/c1-10-6-13(17-3)7-12(15-10)9-16-5-4-14-11(2)8-16;/h6-7,11,14H,4-5,8-9H2,1-3H3;1H. The number of nitrogens with zero attached hydrogens (tertiary/aromatic N) is 2. The third kappa shape index (κ3) is 4.12. The second-order valence-electron chi connectivity index (χ2n) is 4.73. The van der Waals surface area contributed by atoms with Crippen molar-refractivity contribution in [2.75, 3.05) is 26.7 Å². The van der Waals surface area contributed by atoms with Gasteiger partial charge in [-0.25, -0.2) is 0 Å². The van der Waals surface area contributed by atoms with Crippen molar-refractivity contribution in [1.29, 1.82) is 0 Å². The van der Waals surface area contributed by atoms with Gasteiger partial charge in [0.25, 0.3) is 0 Å². The fourth-order valence-corrected chi connectivity index (χ4v) is 2.29. The lowest BCUT2D eigenvalue weighted by Gasteiger charge is -2.31. The summed E-state index contributed by atoms with van der Waals surface area (Å²) >= 11 is 0. The fraction of sp³-hybridized carbons (Fsp3) is 0.615. The number of halogens is 1. The Balaban J connectivity index is 0.00000162. The molecule has 5 heteroatoms. The molecule has 102 valence electrons. The molecule has 18 heavy (non-hydrogen) atoms. The van der Waals surface area contributed by atoms with Crippen LogP contribution in [0.4, 0.5) is 0 Å². The summed E-state index contributed by atoms with van der Waals surface area (Å²) in [5, 5.41) is 3.44. The smallest absolute Gasteiger partial charge is 0.122 e. The lowest BCUT2D eigenvalue weighted by atomic mass is 10.2. The Labute approximate surface area is 115 Å². The van der Waals surface area contributed by atoms with Crippen molar-refractivity contribution in [3.8, 4) is 5.75 Å². The van der Waals surface area contributed by atoms with Gasteiger partial charge in [0.05, 0.1) is 12.8 Å². The SMILES string of the molecule is COc1cc(C)nc(CN2CCNC(C)C2)c1.Cl. The van der Waals surface area contributed by atoms with E-state index in [1.165, 1.54) is 0 Å². The van der Waals surface area contributed by atoms with Crippen molar-refractivity contribution in [2.45, 2.75) is 26.4 Å². The van der Waals surface area contributed by atoms with Crippen LogP contribution in [-0.2, 0) is 6.54 Å². The van der Waals surface area contributed by atoms with Crippen molar-refractivity contribution in [1.82, 2.24) is 15.2 Å². The second-order valence-corrected chi connectivity index (χ2v) is 4.73. The number of hydrogen-bond acceptors (Lipinski definition) is 4. The molecule has 1 aliphatic rings. The molecule has 4 nitrogen and oxygen atoms in total. The molecular weight excluding hydrogens is 250 g/mol. The van der Waals surface area contributed by atoms with Crippen LogP contribution in [0.25, 0.3) is 0 Å². The van der Waals surface area contributed by atoms with Gasteiger partial charge in [-0.15, -0.1) is 12.4 Å². The number of ether oxygens (including phenoxy) is 1. The number of nitrogens with one attached hydrogen (secondary N) is 1. The first kappa shape index (κ1) is 15.2. The van der Waals surface area contributed by atoms with E-state index in [2.05, 4.69) is 22.1 Å². The fourth-order valence-electron chi connectivity index (χ4n) is 2.29. The van der Waals surface area contributed by atoms with E-state index in [-0.39, 0.29) is 12.4 Å². The number of piperazine rings is 1. The van der Waals surface area contributed by atoms with E-state index in [0.717, 1.165) is 43.3 Å². The quantitative estimate of drug-likeness (QED) is 0.907. The zero-order valence-electron chi connectivity index (χ0n) is 11.3. The molecule has 1 aromatic heterocycles. The number of aromatic nitrogens is 1. The Morgan fingerprint density at radius 1 is 1.50 bits per heavy atom. The van der Waals surface area contributed by atoms with E-state index < -0.39 is 0 Å². The van der Waals surface area contributed by atoms with Crippen LogP contribution < -0.4 is 10.1 Å². The zero-order chi connectivity index (χ0) is 12.3. The van der Waals surface area contributed by atoms with E-state index in [1.54, 1.807) is 7.11 Å². The van der Waals surface area contributed by atoms with Gasteiger partial charge in [0.15, 0.2) is 0 Å². The molecular formula is C13H22ClN3O. The normalized spacial score (nSPS) is 20.3. The molecule has 0 spiro atoms. The molecule has 1 aliphatic heterocycles. The summed E-state index contributed by atoms with van der Waals surface area (Å²) in [6.07, 6.45) is 0. The molecule has 2 rings (SSSR count). The molecule has 0 radical (unpaired) electrons. The minimum Gasteiger partial charge on any atom is -0.497 e. The average molecular weight is 272 g/mol. The molecule has 0 saturated carbocycles. The summed E-state index contributed by atoms with van der Waals surface area (Å²) in [6.45, 7) is 8.36. The summed E-state index contributed by atoms with van der Waals surface area (Å²) in [4.78, 5) is 6.99. The van der Waals surface area contributed by atoms with Crippen molar-refractivity contribution in [2.24, 2.45) is 0 Å². The first-order chi connectivity index (χ1) is 8.17. The first-order valence-electron chi connectivity index (χ1n) is 6.14. The lowest BCUT2D eigenvalue weighted by molar-refractivity contribution is 0.197. The van der Waals surface area contributed by atoms with Crippen LogP contribution in [0, 0.1) is 6.92 Å². The van der Waals surface area contributed by atoms with Crippen molar-refractivity contribution in [3.63, 3.8) is 0 Å². The highest BCUT2D eigenvalue weighted by atomic mass is 35.5. The van der Waals surface area contributed by atoms with E-state index in [4.69, 9.17) is 4.74 Å². The molecule has 1 unspecified atom stereocenters. The molecule has 0 bridgehead atoms. The van der Waals surface area contributed by atoms with Gasteiger partial charge in [-0.1, -0.05) is 0 Å². The molecule has 2 heterocycles. The maximum Gasteiger partial charge on any atom is 0.122 e. The highest BCUT2D eigenvalue weighted by molar-refractivity contribution is 5.85. The number of rotatable bonds is 3. The van der Waals surface area contributed by atoms with Gasteiger partial charge in [-0.3, -0.25) is 9.88 Å². The summed E-state index contributed by atoms with van der Waals surface area (Å²) in [6, 6.07) is 4.55. The van der Waals surface area contributed by atoms with Gasteiger partial charge in [-0.2, -0.15) is 0 Å². The molecule has 1 N–H and O–H groups in total. The van der Waals surface area contributed by atoms with Gasteiger partial charge >= 0.3 is 0 Å². The number of hydrogen-bond donors (Lipinski definition) is 1. The maximum absolute atomic E-state index is 5.28. The van der Waals surface area contributed by atoms with E-state index in [9.17, 15) is 0 Å². The molecule has 1 atom stereocenters. The zero-order valence-corrected chi connectivity index (χ0v) is 12.1. The molecule has 1 saturated heterocycles. The van der Waals surface area contributed by atoms with E-state index >= 15 is 0 Å². The summed E-state index contributed by atoms with van der Waals surface area (Å²) in [5.41, 5.74) is 2.11. The van der Waals surface area contributed by atoms with Crippen LogP contribution in [0.5, 0.6) is 5.75 Å². The number of methoxy groups -OCH3 is 1. The number of pyridine rings is 1. The molecule has 0 aliphatic carbocycles. The Morgan fingerprint density at radius 2 is 2.28 bits per heavy atom. The topological polar surface area (TPSA) is 37.4 Å².